The Balaban J connectivity index is 1.21. The van der Waals surface area contributed by atoms with Crippen molar-refractivity contribution in [3.05, 3.63) is 71.0 Å². The molecule has 1 aliphatic carbocycles. The van der Waals surface area contributed by atoms with Gasteiger partial charge < -0.3 is 5.32 Å². The maximum Gasteiger partial charge on any atom is 0.325 e. The number of nitrogens with one attached hydrogen (secondary N) is 2. The van der Waals surface area contributed by atoms with Crippen molar-refractivity contribution in [1.82, 2.24) is 20.4 Å². The summed E-state index contributed by atoms with van der Waals surface area (Å²) in [4.78, 5) is 39.5. The van der Waals surface area contributed by atoms with E-state index in [-0.39, 0.29) is 10.9 Å². The first kappa shape index (κ1) is 22.5. The lowest BCUT2D eigenvalue weighted by molar-refractivity contribution is -0.134. The molecule has 0 radical (unpaired) electrons. The summed E-state index contributed by atoms with van der Waals surface area (Å²) >= 11 is 2.60. The number of nitrogens with zero attached hydrogens (tertiary/aromatic N) is 3. The Morgan fingerprint density at radius 3 is 2.79 bits per heavy atom. The van der Waals surface area contributed by atoms with Gasteiger partial charge in [-0.05, 0) is 48.1 Å². The van der Waals surface area contributed by atoms with Gasteiger partial charge in [-0.25, -0.2) is 9.18 Å². The number of halogens is 1. The fraction of sp³-hybridized carbons (Fsp3) is 0.261. The zero-order valence-electron chi connectivity index (χ0n) is 17.9. The summed E-state index contributed by atoms with van der Waals surface area (Å²) in [6.45, 7) is -0.410. The lowest BCUT2D eigenvalue weighted by Crippen LogP contribution is -2.47. The Bertz CT molecular complexity index is 1270. The number of aryl methyl sites for hydroxylation is 1. The number of aromatic nitrogens is 2. The molecule has 5 rings (SSSR count). The highest BCUT2D eigenvalue weighted by Gasteiger charge is 2.54. The quantitative estimate of drug-likeness (QED) is 0.306. The van der Waals surface area contributed by atoms with E-state index in [1.54, 1.807) is 12.1 Å². The van der Waals surface area contributed by atoms with Crippen LogP contribution in [0.25, 0.3) is 0 Å². The van der Waals surface area contributed by atoms with Crippen molar-refractivity contribution in [2.45, 2.75) is 34.9 Å². The first-order chi connectivity index (χ1) is 16.4. The lowest BCUT2D eigenvalue weighted by Gasteiger charge is -2.33. The average Bonchev–Trinajstić information content (AvgIpc) is 3.37. The molecule has 1 saturated heterocycles. The van der Waals surface area contributed by atoms with Crippen molar-refractivity contribution in [1.29, 1.82) is 0 Å². The fourth-order valence-electron chi connectivity index (χ4n) is 4.30. The van der Waals surface area contributed by atoms with Gasteiger partial charge in [-0.15, -0.1) is 10.2 Å². The van der Waals surface area contributed by atoms with E-state index in [2.05, 4.69) is 20.8 Å². The number of amides is 4. The second-order valence-corrected chi connectivity index (χ2v) is 10.3. The van der Waals surface area contributed by atoms with E-state index < -0.39 is 29.9 Å². The number of urea groups is 1. The number of benzene rings is 2. The second kappa shape index (κ2) is 9.15. The van der Waals surface area contributed by atoms with E-state index in [9.17, 15) is 18.8 Å². The van der Waals surface area contributed by atoms with Crippen molar-refractivity contribution >= 4 is 46.1 Å². The molecule has 8 nitrogen and oxygen atoms in total. The van der Waals surface area contributed by atoms with Crippen LogP contribution in [0.2, 0.25) is 0 Å². The minimum Gasteiger partial charge on any atom is -0.319 e. The molecule has 2 aliphatic rings. The molecule has 174 valence electrons. The zero-order valence-corrected chi connectivity index (χ0v) is 19.5. The van der Waals surface area contributed by atoms with E-state index in [1.165, 1.54) is 35.2 Å². The van der Waals surface area contributed by atoms with Crippen LogP contribution in [0.4, 0.5) is 14.3 Å². The first-order valence-electron chi connectivity index (χ1n) is 10.7. The van der Waals surface area contributed by atoms with Crippen molar-refractivity contribution in [2.75, 3.05) is 11.9 Å². The van der Waals surface area contributed by atoms with Gasteiger partial charge in [-0.2, -0.15) is 0 Å². The number of anilines is 1. The molecule has 1 unspecified atom stereocenters. The van der Waals surface area contributed by atoms with Crippen molar-refractivity contribution in [3.8, 4) is 0 Å². The van der Waals surface area contributed by atoms with Crippen LogP contribution < -0.4 is 10.6 Å². The van der Waals surface area contributed by atoms with Crippen LogP contribution in [0, 0.1) is 5.82 Å². The number of hydrogen-bond acceptors (Lipinski definition) is 7. The van der Waals surface area contributed by atoms with Crippen LogP contribution in [-0.2, 0) is 27.3 Å². The molecule has 34 heavy (non-hydrogen) atoms. The lowest BCUT2D eigenvalue weighted by atomic mass is 9.76. The van der Waals surface area contributed by atoms with Gasteiger partial charge in [0, 0.05) is 5.75 Å². The monoisotopic (exact) mass is 497 g/mol. The fourth-order valence-corrected chi connectivity index (χ4v) is 6.03. The molecule has 3 aromatic rings. The smallest absolute Gasteiger partial charge is 0.319 e. The number of imide groups is 1. The molecule has 11 heteroatoms. The Morgan fingerprint density at radius 2 is 1.97 bits per heavy atom. The van der Waals surface area contributed by atoms with Gasteiger partial charge in [0.1, 0.15) is 17.9 Å². The van der Waals surface area contributed by atoms with Gasteiger partial charge in [0.05, 0.1) is 0 Å². The Hall–Kier alpha value is -3.31. The van der Waals surface area contributed by atoms with Crippen LogP contribution in [0.3, 0.4) is 0 Å². The van der Waals surface area contributed by atoms with Gasteiger partial charge in [0.25, 0.3) is 5.91 Å². The van der Waals surface area contributed by atoms with Crippen molar-refractivity contribution < 1.29 is 18.8 Å². The predicted octanol–water partition coefficient (Wildman–Crippen LogP) is 3.69. The van der Waals surface area contributed by atoms with E-state index >= 15 is 0 Å². The Labute approximate surface area is 202 Å². The van der Waals surface area contributed by atoms with Gasteiger partial charge >= 0.3 is 6.03 Å². The number of carbonyl (C=O) groups is 3. The van der Waals surface area contributed by atoms with Crippen LogP contribution in [0.15, 0.2) is 52.9 Å². The average molecular weight is 498 g/mol. The molecule has 4 amide bonds. The van der Waals surface area contributed by atoms with E-state index in [0.717, 1.165) is 34.4 Å². The normalized spacial score (nSPS) is 19.3. The third-order valence-corrected chi connectivity index (χ3v) is 7.92. The summed E-state index contributed by atoms with van der Waals surface area (Å²) < 4.78 is 13.7. The maximum absolute atomic E-state index is 13.3. The summed E-state index contributed by atoms with van der Waals surface area (Å²) in [5, 5.41) is 13.7. The van der Waals surface area contributed by atoms with E-state index in [4.69, 9.17) is 0 Å². The van der Waals surface area contributed by atoms with Crippen LogP contribution in [0.5, 0.6) is 0 Å². The van der Waals surface area contributed by atoms with Gasteiger partial charge in [-0.1, -0.05) is 59.5 Å². The minimum atomic E-state index is -1.11. The topological polar surface area (TPSA) is 104 Å². The minimum absolute atomic E-state index is 0.274. The van der Waals surface area contributed by atoms with E-state index in [0.29, 0.717) is 16.5 Å². The Morgan fingerprint density at radius 1 is 1.18 bits per heavy atom. The van der Waals surface area contributed by atoms with Crippen molar-refractivity contribution in [3.63, 3.8) is 0 Å². The van der Waals surface area contributed by atoms with Crippen molar-refractivity contribution in [2.24, 2.45) is 0 Å². The molecule has 2 N–H and O–H groups in total. The first-order valence-corrected chi connectivity index (χ1v) is 12.5. The van der Waals surface area contributed by atoms with Crippen LogP contribution in [0.1, 0.15) is 29.5 Å². The van der Waals surface area contributed by atoms with E-state index in [1.807, 2.05) is 24.3 Å². The van der Waals surface area contributed by atoms with Gasteiger partial charge in [0.15, 0.2) is 4.34 Å². The predicted molar refractivity (Wildman–Crippen MR) is 126 cm³/mol. The number of fused-ring (bicyclic) bond motifs is 2. The number of hydrogen-bond donors (Lipinski definition) is 2. The largest absolute Gasteiger partial charge is 0.325 e. The molecule has 1 aliphatic heterocycles. The number of carbonyl (C=O) groups excluding carboxylic acids is 3. The molecular weight excluding hydrogens is 477 g/mol. The van der Waals surface area contributed by atoms with Crippen LogP contribution >= 0.6 is 23.1 Å². The molecule has 1 fully saturated rings. The molecule has 1 spiro atoms. The molecule has 2 heterocycles. The third kappa shape index (κ3) is 4.28. The molecule has 0 bridgehead atoms. The number of rotatable bonds is 6. The summed E-state index contributed by atoms with van der Waals surface area (Å²) in [5.74, 6) is -0.656. The standard InChI is InChI=1S/C23H20FN5O3S2/c24-16-9-7-14(8-10-16)13-33-22-28-27-20(34-22)25-18(30)12-29-19(31)23(26-21(29)32)11-3-5-15-4-1-2-6-17(15)23/h1-2,4,6-10H,3,5,11-13H2,(H,26,32)(H,25,27,30). The molecule has 0 saturated carbocycles. The third-order valence-electron chi connectivity index (χ3n) is 5.88. The van der Waals surface area contributed by atoms with Gasteiger partial charge in [-0.3, -0.25) is 19.8 Å². The van der Waals surface area contributed by atoms with Gasteiger partial charge in [0.2, 0.25) is 11.0 Å². The Kier molecular flexibility index (Phi) is 6.05. The van der Waals surface area contributed by atoms with Crippen LogP contribution in [-0.4, -0.2) is 39.5 Å². The summed E-state index contributed by atoms with van der Waals surface area (Å²) in [7, 11) is 0. The molecule has 1 atom stereocenters. The second-order valence-electron chi connectivity index (χ2n) is 8.07. The maximum atomic E-state index is 13.3. The molecule has 2 aromatic carbocycles. The summed E-state index contributed by atoms with van der Waals surface area (Å²) in [6.07, 6.45) is 2.12. The summed E-state index contributed by atoms with van der Waals surface area (Å²) in [6, 6.07) is 13.2. The summed E-state index contributed by atoms with van der Waals surface area (Å²) in [5.41, 5.74) is 1.66. The zero-order chi connectivity index (χ0) is 23.7. The number of thioether (sulfide) groups is 1. The highest BCUT2D eigenvalue weighted by atomic mass is 32.2. The highest BCUT2D eigenvalue weighted by Crippen LogP contribution is 2.39. The molecule has 1 aromatic heterocycles. The highest BCUT2D eigenvalue weighted by molar-refractivity contribution is 8.00. The molecular formula is C23H20FN5O3S2. The SMILES string of the molecule is O=C(CN1C(=O)NC2(CCCc3ccccc32)C1=O)Nc1nnc(SCc2ccc(F)cc2)s1.